The normalized spacial score (nSPS) is 13.1. The molecule has 90 valence electrons. The van der Waals surface area contributed by atoms with Crippen LogP contribution in [0.25, 0.3) is 33.7 Å². The molecule has 3 aromatic heterocycles. The lowest BCUT2D eigenvalue weighted by atomic mass is 10.1. The van der Waals surface area contributed by atoms with E-state index in [2.05, 4.69) is 21.7 Å². The van der Waals surface area contributed by atoms with E-state index in [-0.39, 0.29) is 0 Å². The summed E-state index contributed by atoms with van der Waals surface area (Å²) in [7, 11) is 0. The van der Waals surface area contributed by atoms with Crippen molar-refractivity contribution in [3.63, 3.8) is 0 Å². The summed E-state index contributed by atoms with van der Waals surface area (Å²) in [5.41, 5.74) is 4.77. The lowest BCUT2D eigenvalue weighted by Gasteiger charge is -1.88. The number of aromatic nitrogens is 2. The van der Waals surface area contributed by atoms with Crippen LogP contribution >= 0.6 is 0 Å². The number of benzene rings is 1. The van der Waals surface area contributed by atoms with Gasteiger partial charge in [0, 0.05) is 11.8 Å². The van der Waals surface area contributed by atoms with Gasteiger partial charge in [0.25, 0.3) is 5.58 Å². The van der Waals surface area contributed by atoms with Crippen LogP contribution in [0.2, 0.25) is 0 Å². The van der Waals surface area contributed by atoms with Crippen molar-refractivity contribution in [2.75, 3.05) is 0 Å². The van der Waals surface area contributed by atoms with Crippen LogP contribution in [0.1, 0.15) is 5.56 Å². The summed E-state index contributed by atoms with van der Waals surface area (Å²) in [5, 5.41) is 0.976. The minimum atomic E-state index is 0.766. The molecule has 5 rings (SSSR count). The van der Waals surface area contributed by atoms with Gasteiger partial charge in [0.2, 0.25) is 0 Å². The van der Waals surface area contributed by atoms with E-state index < -0.39 is 0 Å². The SMILES string of the molecule is c1ccc2c(c1)C[n+]1c-2oc2c3ccncc3oc21. The fraction of sp³-hybridized carbons (Fsp3) is 0.0667. The minimum Gasteiger partial charge on any atom is -0.400 e. The van der Waals surface area contributed by atoms with Gasteiger partial charge in [0.15, 0.2) is 12.1 Å². The zero-order valence-corrected chi connectivity index (χ0v) is 9.96. The Bertz CT molecular complexity index is 949. The highest BCUT2D eigenvalue weighted by molar-refractivity contribution is 5.98. The van der Waals surface area contributed by atoms with Crippen LogP contribution in [-0.2, 0) is 6.54 Å². The third-order valence-corrected chi connectivity index (χ3v) is 3.70. The topological polar surface area (TPSA) is 43.0 Å². The average Bonchev–Trinajstić information content (AvgIpc) is 3.07. The Kier molecular flexibility index (Phi) is 1.49. The maximum atomic E-state index is 6.03. The van der Waals surface area contributed by atoms with Gasteiger partial charge in [-0.15, -0.1) is 4.57 Å². The standard InChI is InChI=1S/C15H9N2O2/c1-2-4-10-9(3-1)8-17-14(10)19-13-11-5-6-16-7-12(11)18-15(13)17/h1-7H,8H2/q+1. The molecule has 4 nitrogen and oxygen atoms in total. The molecule has 4 heterocycles. The van der Waals surface area contributed by atoms with Crippen LogP contribution in [0, 0.1) is 0 Å². The van der Waals surface area contributed by atoms with Crippen molar-refractivity contribution in [2.24, 2.45) is 0 Å². The third kappa shape index (κ3) is 1.04. The summed E-state index contributed by atoms with van der Waals surface area (Å²) in [6.07, 6.45) is 3.48. The number of hydrogen-bond donors (Lipinski definition) is 0. The van der Waals surface area contributed by atoms with Crippen LogP contribution in [0.3, 0.4) is 0 Å². The van der Waals surface area contributed by atoms with Crippen molar-refractivity contribution in [2.45, 2.75) is 6.54 Å². The monoisotopic (exact) mass is 249 g/mol. The molecule has 0 unspecified atom stereocenters. The van der Waals surface area contributed by atoms with Crippen molar-refractivity contribution < 1.29 is 13.4 Å². The van der Waals surface area contributed by atoms with E-state index in [1.165, 1.54) is 5.56 Å². The first-order valence-corrected chi connectivity index (χ1v) is 6.19. The van der Waals surface area contributed by atoms with Gasteiger partial charge in [-0.3, -0.25) is 4.98 Å². The first-order valence-electron chi connectivity index (χ1n) is 6.19. The van der Waals surface area contributed by atoms with Crippen LogP contribution < -0.4 is 4.57 Å². The Labute approximate surface area is 107 Å². The summed E-state index contributed by atoms with van der Waals surface area (Å²) in [5.74, 6) is 0.878. The number of furan rings is 1. The molecule has 0 aliphatic carbocycles. The molecule has 0 atom stereocenters. The molecule has 0 saturated heterocycles. The molecule has 0 radical (unpaired) electrons. The van der Waals surface area contributed by atoms with Crippen molar-refractivity contribution in [3.8, 4) is 11.5 Å². The molecule has 0 bridgehead atoms. The van der Waals surface area contributed by atoms with Crippen LogP contribution in [-0.4, -0.2) is 4.98 Å². The van der Waals surface area contributed by atoms with Gasteiger partial charge >= 0.3 is 11.6 Å². The number of oxazole rings is 1. The Balaban J connectivity index is 1.93. The highest BCUT2D eigenvalue weighted by Gasteiger charge is 2.36. The van der Waals surface area contributed by atoms with Crippen molar-refractivity contribution in [3.05, 3.63) is 48.3 Å². The molecule has 1 aromatic carbocycles. The zero-order chi connectivity index (χ0) is 12.4. The largest absolute Gasteiger partial charge is 0.422 e. The highest BCUT2D eigenvalue weighted by Crippen LogP contribution is 2.35. The quantitative estimate of drug-likeness (QED) is 0.396. The highest BCUT2D eigenvalue weighted by atomic mass is 16.4. The summed E-state index contributed by atoms with van der Waals surface area (Å²) in [6.45, 7) is 0.797. The Morgan fingerprint density at radius 2 is 2.05 bits per heavy atom. The summed E-state index contributed by atoms with van der Waals surface area (Å²) < 4.78 is 14.0. The van der Waals surface area contributed by atoms with E-state index in [1.54, 1.807) is 12.4 Å². The second kappa shape index (κ2) is 3.03. The molecule has 1 aliphatic heterocycles. The molecule has 4 aromatic rings. The molecule has 0 amide bonds. The van der Waals surface area contributed by atoms with E-state index >= 15 is 0 Å². The van der Waals surface area contributed by atoms with Gasteiger partial charge < -0.3 is 8.83 Å². The number of pyridine rings is 1. The van der Waals surface area contributed by atoms with Gasteiger partial charge in [0.1, 0.15) is 0 Å². The Hall–Kier alpha value is -2.62. The molecule has 19 heavy (non-hydrogen) atoms. The van der Waals surface area contributed by atoms with E-state index in [4.69, 9.17) is 8.83 Å². The third-order valence-electron chi connectivity index (χ3n) is 3.70. The number of nitrogens with zero attached hydrogens (tertiary/aromatic N) is 2. The predicted molar refractivity (Wildman–Crippen MR) is 68.5 cm³/mol. The lowest BCUT2D eigenvalue weighted by molar-refractivity contribution is -0.655. The summed E-state index contributed by atoms with van der Waals surface area (Å²) in [6, 6.07) is 10.2. The predicted octanol–water partition coefficient (Wildman–Crippen LogP) is 2.89. The maximum absolute atomic E-state index is 6.03. The molecule has 0 spiro atoms. The number of hydrogen-bond acceptors (Lipinski definition) is 3. The van der Waals surface area contributed by atoms with E-state index in [9.17, 15) is 0 Å². The lowest BCUT2D eigenvalue weighted by Crippen LogP contribution is -2.30. The molecule has 0 N–H and O–H groups in total. The first-order chi connectivity index (χ1) is 9.42. The Morgan fingerprint density at radius 3 is 3.05 bits per heavy atom. The average molecular weight is 249 g/mol. The van der Waals surface area contributed by atoms with Crippen molar-refractivity contribution in [1.82, 2.24) is 4.98 Å². The summed E-state index contributed by atoms with van der Waals surface area (Å²) >= 11 is 0. The second-order valence-electron chi connectivity index (χ2n) is 4.76. The van der Waals surface area contributed by atoms with Crippen LogP contribution in [0.5, 0.6) is 0 Å². The molecular weight excluding hydrogens is 240 g/mol. The van der Waals surface area contributed by atoms with Crippen molar-refractivity contribution >= 4 is 22.3 Å². The van der Waals surface area contributed by atoms with Gasteiger partial charge in [-0.25, -0.2) is 0 Å². The molecule has 0 saturated carbocycles. The minimum absolute atomic E-state index is 0.766. The fourth-order valence-electron chi connectivity index (χ4n) is 2.82. The van der Waals surface area contributed by atoms with Crippen LogP contribution in [0.4, 0.5) is 0 Å². The van der Waals surface area contributed by atoms with Gasteiger partial charge in [-0.1, -0.05) is 18.2 Å². The Morgan fingerprint density at radius 1 is 1.11 bits per heavy atom. The van der Waals surface area contributed by atoms with Crippen molar-refractivity contribution in [1.29, 1.82) is 0 Å². The second-order valence-corrected chi connectivity index (χ2v) is 4.76. The van der Waals surface area contributed by atoms with Crippen LogP contribution in [0.15, 0.2) is 51.6 Å². The van der Waals surface area contributed by atoms with Gasteiger partial charge in [0.05, 0.1) is 17.1 Å². The van der Waals surface area contributed by atoms with Gasteiger partial charge in [-0.05, 0) is 12.1 Å². The fourth-order valence-corrected chi connectivity index (χ4v) is 2.82. The zero-order valence-electron chi connectivity index (χ0n) is 9.96. The molecule has 0 fully saturated rings. The van der Waals surface area contributed by atoms with E-state index in [1.807, 2.05) is 18.2 Å². The van der Waals surface area contributed by atoms with E-state index in [0.29, 0.717) is 0 Å². The first kappa shape index (κ1) is 9.33. The maximum Gasteiger partial charge on any atom is 0.422 e. The molecule has 4 heteroatoms. The molecule has 1 aliphatic rings. The summed E-state index contributed by atoms with van der Waals surface area (Å²) in [4.78, 5) is 4.08. The van der Waals surface area contributed by atoms with Gasteiger partial charge in [-0.2, -0.15) is 0 Å². The molecular formula is C15H9N2O2+. The van der Waals surface area contributed by atoms with E-state index in [0.717, 1.165) is 40.3 Å². The number of rotatable bonds is 0. The number of fused-ring (bicyclic) bond motifs is 7. The smallest absolute Gasteiger partial charge is 0.400 e.